The van der Waals surface area contributed by atoms with Crippen LogP contribution in [0.2, 0.25) is 0 Å². The molecule has 5 heteroatoms. The highest BCUT2D eigenvalue weighted by Gasteiger charge is 2.25. The molecule has 2 aromatic heterocycles. The first kappa shape index (κ1) is 16.7. The highest BCUT2D eigenvalue weighted by Crippen LogP contribution is 2.39. The van der Waals surface area contributed by atoms with E-state index in [9.17, 15) is 4.79 Å². The molecule has 1 aliphatic carbocycles. The molecule has 0 radical (unpaired) electrons. The maximum Gasteiger partial charge on any atom is 0.229 e. The summed E-state index contributed by atoms with van der Waals surface area (Å²) >= 11 is 0. The number of pyridine rings is 1. The van der Waals surface area contributed by atoms with Crippen molar-refractivity contribution in [1.82, 2.24) is 15.2 Å². The molecule has 0 atom stereocenters. The van der Waals surface area contributed by atoms with Gasteiger partial charge in [0.05, 0.1) is 11.9 Å². The minimum atomic E-state index is -0.0571. The fourth-order valence-corrected chi connectivity index (χ4v) is 3.45. The molecule has 2 N–H and O–H groups in total. The first-order chi connectivity index (χ1) is 13.7. The third kappa shape index (κ3) is 3.51. The normalized spacial score (nSPS) is 13.6. The number of aromatic nitrogens is 3. The number of H-pyrrole nitrogens is 1. The summed E-state index contributed by atoms with van der Waals surface area (Å²) in [6, 6.07) is 20.3. The molecule has 2 heterocycles. The molecule has 1 saturated carbocycles. The maximum absolute atomic E-state index is 12.3. The topological polar surface area (TPSA) is 70.7 Å². The zero-order valence-electron chi connectivity index (χ0n) is 15.4. The zero-order valence-corrected chi connectivity index (χ0v) is 15.4. The highest BCUT2D eigenvalue weighted by molar-refractivity contribution is 5.91. The highest BCUT2D eigenvalue weighted by atomic mass is 16.1. The number of hydrogen-bond donors (Lipinski definition) is 2. The van der Waals surface area contributed by atoms with Crippen LogP contribution in [0.15, 0.2) is 66.9 Å². The Balaban J connectivity index is 1.26. The van der Waals surface area contributed by atoms with E-state index in [1.807, 2.05) is 30.3 Å². The molecule has 138 valence electrons. The Hall–Kier alpha value is -3.47. The minimum absolute atomic E-state index is 0.0571. The number of benzene rings is 2. The summed E-state index contributed by atoms with van der Waals surface area (Å²) in [5, 5.41) is 11.2. The van der Waals surface area contributed by atoms with E-state index in [4.69, 9.17) is 0 Å². The van der Waals surface area contributed by atoms with Crippen molar-refractivity contribution in [2.75, 3.05) is 5.32 Å². The van der Waals surface area contributed by atoms with Crippen LogP contribution in [0.25, 0.3) is 22.0 Å². The Morgan fingerprint density at radius 3 is 2.68 bits per heavy atom. The number of carbonyl (C=O) groups is 1. The van der Waals surface area contributed by atoms with Crippen LogP contribution in [-0.2, 0) is 11.2 Å². The van der Waals surface area contributed by atoms with Gasteiger partial charge in [0, 0.05) is 29.3 Å². The molecular formula is C23H20N4O. The Morgan fingerprint density at radius 1 is 1.04 bits per heavy atom. The van der Waals surface area contributed by atoms with E-state index < -0.39 is 0 Å². The van der Waals surface area contributed by atoms with Gasteiger partial charge in [-0.3, -0.25) is 14.9 Å². The fourth-order valence-electron chi connectivity index (χ4n) is 3.45. The molecule has 5 nitrogen and oxygen atoms in total. The summed E-state index contributed by atoms with van der Waals surface area (Å²) in [4.78, 5) is 16.7. The van der Waals surface area contributed by atoms with E-state index >= 15 is 0 Å². The smallest absolute Gasteiger partial charge is 0.229 e. The van der Waals surface area contributed by atoms with Crippen molar-refractivity contribution in [3.05, 3.63) is 78.1 Å². The number of nitrogens with zero attached hydrogens (tertiary/aromatic N) is 2. The Bertz CT molecular complexity index is 1140. The van der Waals surface area contributed by atoms with Crippen molar-refractivity contribution in [3.63, 3.8) is 0 Å². The van der Waals surface area contributed by atoms with Crippen LogP contribution in [0.1, 0.15) is 30.0 Å². The number of carbonyl (C=O) groups excluding carboxylic acids is 1. The molecular weight excluding hydrogens is 348 g/mol. The lowest BCUT2D eigenvalue weighted by atomic mass is 10.0. The summed E-state index contributed by atoms with van der Waals surface area (Å²) in [5.41, 5.74) is 5.34. The van der Waals surface area contributed by atoms with Gasteiger partial charge in [0.1, 0.15) is 0 Å². The number of nitrogens with one attached hydrogen (secondary N) is 2. The van der Waals surface area contributed by atoms with Gasteiger partial charge in [-0.1, -0.05) is 36.4 Å². The van der Waals surface area contributed by atoms with Gasteiger partial charge in [0.15, 0.2) is 5.82 Å². The van der Waals surface area contributed by atoms with Gasteiger partial charge >= 0.3 is 0 Å². The maximum atomic E-state index is 12.3. The largest absolute Gasteiger partial charge is 0.309 e. The molecule has 0 bridgehead atoms. The molecule has 1 aliphatic rings. The second-order valence-electron chi connectivity index (χ2n) is 7.32. The zero-order chi connectivity index (χ0) is 18.9. The van der Waals surface area contributed by atoms with Gasteiger partial charge in [-0.05, 0) is 47.7 Å². The second kappa shape index (κ2) is 6.93. The van der Waals surface area contributed by atoms with Crippen LogP contribution in [0.3, 0.4) is 0 Å². The molecule has 1 amide bonds. The quantitative estimate of drug-likeness (QED) is 0.537. The Kier molecular flexibility index (Phi) is 4.13. The van der Waals surface area contributed by atoms with Crippen molar-refractivity contribution < 1.29 is 4.79 Å². The average molecular weight is 368 g/mol. The van der Waals surface area contributed by atoms with E-state index in [0.717, 1.165) is 33.3 Å². The molecule has 2 aromatic carbocycles. The Morgan fingerprint density at radius 2 is 1.86 bits per heavy atom. The SMILES string of the molecule is O=C(Cc1ccc(-c2ccc3ncccc3c2)cc1)Nc1cc(C2CC2)[nH]n1. The van der Waals surface area contributed by atoms with Crippen molar-refractivity contribution in [2.45, 2.75) is 25.2 Å². The lowest BCUT2D eigenvalue weighted by Gasteiger charge is -2.06. The van der Waals surface area contributed by atoms with Gasteiger partial charge in [-0.2, -0.15) is 5.10 Å². The predicted molar refractivity (Wildman–Crippen MR) is 110 cm³/mol. The molecule has 0 saturated heterocycles. The van der Waals surface area contributed by atoms with Crippen LogP contribution in [-0.4, -0.2) is 21.1 Å². The number of anilines is 1. The summed E-state index contributed by atoms with van der Waals surface area (Å²) in [6.07, 6.45) is 4.54. The van der Waals surface area contributed by atoms with Gasteiger partial charge in [0.2, 0.25) is 5.91 Å². The molecule has 1 fully saturated rings. The Labute approximate surface area is 162 Å². The van der Waals surface area contributed by atoms with E-state index in [1.165, 1.54) is 12.8 Å². The van der Waals surface area contributed by atoms with Crippen molar-refractivity contribution in [3.8, 4) is 11.1 Å². The lowest BCUT2D eigenvalue weighted by molar-refractivity contribution is -0.115. The van der Waals surface area contributed by atoms with Gasteiger partial charge in [0.25, 0.3) is 0 Å². The van der Waals surface area contributed by atoms with Crippen molar-refractivity contribution in [1.29, 1.82) is 0 Å². The molecule has 0 unspecified atom stereocenters. The van der Waals surface area contributed by atoms with Crippen LogP contribution < -0.4 is 5.32 Å². The first-order valence-corrected chi connectivity index (χ1v) is 9.54. The molecule has 0 spiro atoms. The molecule has 4 aromatic rings. The predicted octanol–water partition coefficient (Wildman–Crippen LogP) is 4.68. The van der Waals surface area contributed by atoms with Crippen LogP contribution >= 0.6 is 0 Å². The van der Waals surface area contributed by atoms with E-state index in [0.29, 0.717) is 18.2 Å². The first-order valence-electron chi connectivity index (χ1n) is 9.54. The summed E-state index contributed by atoms with van der Waals surface area (Å²) in [6.45, 7) is 0. The molecule has 5 rings (SSSR count). The van der Waals surface area contributed by atoms with Crippen molar-refractivity contribution >= 4 is 22.6 Å². The summed E-state index contributed by atoms with van der Waals surface area (Å²) in [5.74, 6) is 1.14. The molecule has 0 aliphatic heterocycles. The third-order valence-electron chi connectivity index (χ3n) is 5.14. The van der Waals surface area contributed by atoms with E-state index in [-0.39, 0.29) is 5.91 Å². The second-order valence-corrected chi connectivity index (χ2v) is 7.32. The summed E-state index contributed by atoms with van der Waals surface area (Å²) in [7, 11) is 0. The van der Waals surface area contributed by atoms with Gasteiger partial charge < -0.3 is 5.32 Å². The number of rotatable bonds is 5. The number of aromatic amines is 1. The summed E-state index contributed by atoms with van der Waals surface area (Å²) < 4.78 is 0. The van der Waals surface area contributed by atoms with E-state index in [2.05, 4.69) is 50.8 Å². The number of amides is 1. The number of fused-ring (bicyclic) bond motifs is 1. The van der Waals surface area contributed by atoms with E-state index in [1.54, 1.807) is 6.20 Å². The monoisotopic (exact) mass is 368 g/mol. The molecule has 28 heavy (non-hydrogen) atoms. The van der Waals surface area contributed by atoms with Gasteiger partial charge in [-0.15, -0.1) is 0 Å². The fraction of sp³-hybridized carbons (Fsp3) is 0.174. The third-order valence-corrected chi connectivity index (χ3v) is 5.14. The minimum Gasteiger partial charge on any atom is -0.309 e. The van der Waals surface area contributed by atoms with Crippen LogP contribution in [0.4, 0.5) is 5.82 Å². The van der Waals surface area contributed by atoms with Crippen LogP contribution in [0, 0.1) is 0 Å². The van der Waals surface area contributed by atoms with Crippen LogP contribution in [0.5, 0.6) is 0 Å². The average Bonchev–Trinajstić information content (AvgIpc) is 3.47. The lowest BCUT2D eigenvalue weighted by Crippen LogP contribution is -2.14. The number of hydrogen-bond acceptors (Lipinski definition) is 3. The van der Waals surface area contributed by atoms with Crippen molar-refractivity contribution in [2.24, 2.45) is 0 Å². The van der Waals surface area contributed by atoms with Gasteiger partial charge in [-0.25, -0.2) is 0 Å². The standard InChI is InChI=1S/C23H20N4O/c28-23(25-22-14-21(26-27-22)17-7-8-17)12-15-3-5-16(6-4-15)18-9-10-20-19(13-18)2-1-11-24-20/h1-6,9-11,13-14,17H,7-8,12H2,(H2,25,26,27,28).